The van der Waals surface area contributed by atoms with Gasteiger partial charge >= 0.3 is 0 Å². The first-order chi connectivity index (χ1) is 15.0. The Hall–Kier alpha value is -3.40. The van der Waals surface area contributed by atoms with Crippen molar-refractivity contribution in [2.75, 3.05) is 6.26 Å². The molecule has 0 spiro atoms. The van der Waals surface area contributed by atoms with Gasteiger partial charge < -0.3 is 16.2 Å². The van der Waals surface area contributed by atoms with E-state index in [9.17, 15) is 30.4 Å². The van der Waals surface area contributed by atoms with Crippen molar-refractivity contribution in [3.05, 3.63) is 59.2 Å². The zero-order chi connectivity index (χ0) is 25.6. The van der Waals surface area contributed by atoms with Gasteiger partial charge in [-0.1, -0.05) is 0 Å². The van der Waals surface area contributed by atoms with Crippen LogP contribution in [0.4, 0.5) is 8.78 Å². The predicted octanol–water partition coefficient (Wildman–Crippen LogP) is 1.11. The second kappa shape index (κ2) is 11.0. The number of nitrogens with two attached hydrogens (primary N) is 3. The fourth-order valence-corrected chi connectivity index (χ4v) is 2.61. The SMILES string of the molecule is C/C(=C\c1cc(F)c(Oc2ccc(S(N)(=O)=O)cc2)c(F)c1)C(=O)N=C(N)N.CS(=O)(=O)O. The van der Waals surface area contributed by atoms with Crippen LogP contribution in [-0.2, 0) is 24.9 Å². The number of rotatable bonds is 5. The zero-order valence-corrected chi connectivity index (χ0v) is 18.8. The van der Waals surface area contributed by atoms with E-state index in [1.165, 1.54) is 25.1 Å². The summed E-state index contributed by atoms with van der Waals surface area (Å²) in [7, 11) is -7.57. The first-order valence-corrected chi connectivity index (χ1v) is 11.9. The number of primary sulfonamides is 1. The third-order valence-electron chi connectivity index (χ3n) is 3.34. The molecule has 2 aromatic rings. The smallest absolute Gasteiger partial charge is 0.275 e. The van der Waals surface area contributed by atoms with Gasteiger partial charge in [-0.05, 0) is 55.0 Å². The molecule has 0 aliphatic heterocycles. The highest BCUT2D eigenvalue weighted by Gasteiger charge is 2.15. The second-order valence-electron chi connectivity index (χ2n) is 6.33. The molecule has 0 heterocycles. The quantitative estimate of drug-likeness (QED) is 0.198. The molecule has 0 aliphatic rings. The number of nitrogens with zero attached hydrogens (tertiary/aromatic N) is 1. The maximum Gasteiger partial charge on any atom is 0.275 e. The summed E-state index contributed by atoms with van der Waals surface area (Å²) in [6, 6.07) is 6.56. The molecular formula is C18H20F2N4O7S2. The molecule has 180 valence electrons. The molecule has 0 radical (unpaired) electrons. The van der Waals surface area contributed by atoms with Crippen molar-refractivity contribution in [3.63, 3.8) is 0 Å². The zero-order valence-electron chi connectivity index (χ0n) is 17.2. The highest BCUT2D eigenvalue weighted by atomic mass is 32.2. The Morgan fingerprint density at radius 1 is 1.06 bits per heavy atom. The van der Waals surface area contributed by atoms with Gasteiger partial charge in [-0.25, -0.2) is 22.3 Å². The molecule has 15 heteroatoms. The largest absolute Gasteiger partial charge is 0.451 e. The molecule has 0 bridgehead atoms. The number of benzene rings is 2. The van der Waals surface area contributed by atoms with Crippen LogP contribution in [0, 0.1) is 11.6 Å². The number of carbonyl (C=O) groups excluding carboxylic acids is 1. The van der Waals surface area contributed by atoms with E-state index in [2.05, 4.69) is 4.99 Å². The van der Waals surface area contributed by atoms with Crippen molar-refractivity contribution in [3.8, 4) is 11.5 Å². The highest BCUT2D eigenvalue weighted by molar-refractivity contribution is 7.89. The number of sulfonamides is 1. The lowest BCUT2D eigenvalue weighted by atomic mass is 10.1. The van der Waals surface area contributed by atoms with E-state index < -0.39 is 49.4 Å². The summed E-state index contributed by atoms with van der Waals surface area (Å²) in [5, 5.41) is 4.97. The lowest BCUT2D eigenvalue weighted by molar-refractivity contribution is -0.114. The minimum atomic E-state index is -3.90. The van der Waals surface area contributed by atoms with E-state index in [1.807, 2.05) is 0 Å². The van der Waals surface area contributed by atoms with Crippen molar-refractivity contribution in [2.24, 2.45) is 21.6 Å². The second-order valence-corrected chi connectivity index (χ2v) is 9.36. The molecule has 7 N–H and O–H groups in total. The van der Waals surface area contributed by atoms with Crippen LogP contribution in [0.25, 0.3) is 6.08 Å². The molecule has 0 saturated carbocycles. The minimum Gasteiger partial charge on any atom is -0.451 e. The summed E-state index contributed by atoms with van der Waals surface area (Å²) in [5.74, 6) is -3.97. The molecule has 2 rings (SSSR count). The fraction of sp³-hybridized carbons (Fsp3) is 0.111. The van der Waals surface area contributed by atoms with Crippen LogP contribution in [0.2, 0.25) is 0 Å². The normalized spacial score (nSPS) is 11.8. The van der Waals surface area contributed by atoms with Gasteiger partial charge in [-0.3, -0.25) is 9.35 Å². The third kappa shape index (κ3) is 10.2. The predicted molar refractivity (Wildman–Crippen MR) is 116 cm³/mol. The molecule has 11 nitrogen and oxygen atoms in total. The number of ether oxygens (including phenoxy) is 1. The van der Waals surface area contributed by atoms with Gasteiger partial charge in [-0.2, -0.15) is 13.4 Å². The third-order valence-corrected chi connectivity index (χ3v) is 4.27. The van der Waals surface area contributed by atoms with Crippen LogP contribution in [0.15, 0.2) is 51.9 Å². The summed E-state index contributed by atoms with van der Waals surface area (Å²) in [4.78, 5) is 14.8. The number of aliphatic imine (C=N–C) groups is 1. The molecule has 2 aromatic carbocycles. The Kier molecular flexibility index (Phi) is 9.17. The summed E-state index contributed by atoms with van der Waals surface area (Å²) < 4.78 is 82.0. The fourth-order valence-electron chi connectivity index (χ4n) is 2.09. The Labute approximate surface area is 188 Å². The van der Waals surface area contributed by atoms with Crippen LogP contribution in [0.5, 0.6) is 11.5 Å². The molecule has 1 amide bonds. The average Bonchev–Trinajstić information content (AvgIpc) is 2.62. The van der Waals surface area contributed by atoms with Crippen molar-refractivity contribution in [1.29, 1.82) is 0 Å². The van der Waals surface area contributed by atoms with E-state index in [4.69, 9.17) is 25.9 Å². The van der Waals surface area contributed by atoms with Gasteiger partial charge in [0.1, 0.15) is 5.75 Å². The van der Waals surface area contributed by atoms with Gasteiger partial charge in [0, 0.05) is 5.57 Å². The van der Waals surface area contributed by atoms with E-state index >= 15 is 0 Å². The summed E-state index contributed by atoms with van der Waals surface area (Å²) in [6.07, 6.45) is 1.92. The number of halogens is 2. The molecular weight excluding hydrogens is 486 g/mol. The van der Waals surface area contributed by atoms with E-state index in [0.717, 1.165) is 24.3 Å². The van der Waals surface area contributed by atoms with E-state index in [0.29, 0.717) is 6.26 Å². The highest BCUT2D eigenvalue weighted by Crippen LogP contribution is 2.30. The standard InChI is InChI=1S/C17H16F2N4O4S.CH4O3S/c1-9(16(24)23-17(20)21)6-10-7-13(18)15(14(19)8-10)27-11-2-4-12(5-3-11)28(22,25)26;1-5(2,3)4/h2-8H,1H3,(H2,22,25,26)(H4,20,21,23,24);1H3,(H,2,3,4)/b9-6+;. The maximum absolute atomic E-state index is 14.3. The molecule has 0 fully saturated rings. The van der Waals surface area contributed by atoms with Crippen LogP contribution in [0.1, 0.15) is 12.5 Å². The van der Waals surface area contributed by atoms with Crippen LogP contribution in [-0.4, -0.2) is 39.5 Å². The van der Waals surface area contributed by atoms with Crippen LogP contribution >= 0.6 is 0 Å². The molecule has 33 heavy (non-hydrogen) atoms. The van der Waals surface area contributed by atoms with Gasteiger partial charge in [0.15, 0.2) is 23.3 Å². The Balaban J connectivity index is 0.000000981. The number of hydrogen-bond donors (Lipinski definition) is 4. The van der Waals surface area contributed by atoms with Gasteiger partial charge in [0.25, 0.3) is 16.0 Å². The van der Waals surface area contributed by atoms with Crippen molar-refractivity contribution in [2.45, 2.75) is 11.8 Å². The number of guanidine groups is 1. The van der Waals surface area contributed by atoms with Crippen LogP contribution < -0.4 is 21.3 Å². The monoisotopic (exact) mass is 506 g/mol. The number of carbonyl (C=O) groups is 1. The van der Waals surface area contributed by atoms with Crippen molar-refractivity contribution < 1.29 is 39.7 Å². The Morgan fingerprint density at radius 2 is 1.52 bits per heavy atom. The van der Waals surface area contributed by atoms with Gasteiger partial charge in [0.05, 0.1) is 11.2 Å². The summed E-state index contributed by atoms with van der Waals surface area (Å²) in [5.41, 5.74) is 10.3. The Bertz CT molecular complexity index is 1270. The molecule has 0 aliphatic carbocycles. The molecule has 0 saturated heterocycles. The van der Waals surface area contributed by atoms with E-state index in [1.54, 1.807) is 0 Å². The van der Waals surface area contributed by atoms with Crippen molar-refractivity contribution >= 4 is 38.1 Å². The topological polar surface area (TPSA) is 205 Å². The Morgan fingerprint density at radius 3 is 1.91 bits per heavy atom. The minimum absolute atomic E-state index is 0.00684. The van der Waals surface area contributed by atoms with Crippen LogP contribution in [0.3, 0.4) is 0 Å². The molecule has 0 unspecified atom stereocenters. The lowest BCUT2D eigenvalue weighted by Gasteiger charge is -2.09. The van der Waals surface area contributed by atoms with Gasteiger partial charge in [-0.15, -0.1) is 0 Å². The average molecular weight is 507 g/mol. The molecule has 0 atom stereocenters. The van der Waals surface area contributed by atoms with E-state index in [-0.39, 0.29) is 21.8 Å². The summed E-state index contributed by atoms with van der Waals surface area (Å²) in [6.45, 7) is 1.38. The first kappa shape index (κ1) is 27.6. The lowest BCUT2D eigenvalue weighted by Crippen LogP contribution is -2.24. The summed E-state index contributed by atoms with van der Waals surface area (Å²) >= 11 is 0. The van der Waals surface area contributed by atoms with Crippen molar-refractivity contribution in [1.82, 2.24) is 0 Å². The molecule has 0 aromatic heterocycles. The first-order valence-electron chi connectivity index (χ1n) is 8.52. The van der Waals surface area contributed by atoms with Gasteiger partial charge in [0.2, 0.25) is 10.0 Å². The number of hydrogen-bond acceptors (Lipinski definition) is 6. The maximum atomic E-state index is 14.3. The number of amides is 1.